The van der Waals surface area contributed by atoms with Gasteiger partial charge in [-0.05, 0) is 23.3 Å². The zero-order valence-corrected chi connectivity index (χ0v) is 18.0. The number of morpholine rings is 1. The van der Waals surface area contributed by atoms with Crippen molar-refractivity contribution in [1.29, 1.82) is 0 Å². The Morgan fingerprint density at radius 1 is 1.00 bits per heavy atom. The second kappa shape index (κ2) is 9.62. The number of fused-ring (bicyclic) bond motifs is 1. The van der Waals surface area contributed by atoms with E-state index in [-0.39, 0.29) is 24.8 Å². The van der Waals surface area contributed by atoms with Crippen LogP contribution in [0, 0.1) is 5.82 Å². The Morgan fingerprint density at radius 3 is 2.61 bits per heavy atom. The third-order valence-electron chi connectivity index (χ3n) is 5.72. The molecule has 0 spiro atoms. The van der Waals surface area contributed by atoms with Gasteiger partial charge in [-0.25, -0.2) is 19.3 Å². The Labute approximate surface area is 190 Å². The minimum absolute atomic E-state index is 0.0616. The van der Waals surface area contributed by atoms with Crippen molar-refractivity contribution in [2.75, 3.05) is 25.0 Å². The Kier molecular flexibility index (Phi) is 6.25. The molecule has 33 heavy (non-hydrogen) atoms. The van der Waals surface area contributed by atoms with Gasteiger partial charge in [0.15, 0.2) is 17.0 Å². The van der Waals surface area contributed by atoms with Gasteiger partial charge in [0.25, 0.3) is 0 Å². The maximum absolute atomic E-state index is 13.2. The second-order valence-electron chi connectivity index (χ2n) is 8.10. The smallest absolute Gasteiger partial charge is 0.167 e. The molecule has 1 aliphatic rings. The predicted octanol–water partition coefficient (Wildman–Crippen LogP) is 2.97. The molecule has 1 fully saturated rings. The quantitative estimate of drug-likeness (QED) is 0.449. The van der Waals surface area contributed by atoms with Gasteiger partial charge in [-0.15, -0.1) is 0 Å². The zero-order valence-electron chi connectivity index (χ0n) is 18.0. The van der Waals surface area contributed by atoms with Crippen molar-refractivity contribution in [2.24, 2.45) is 0 Å². The van der Waals surface area contributed by atoms with Crippen LogP contribution in [0.1, 0.15) is 17.4 Å². The van der Waals surface area contributed by atoms with Crippen LogP contribution in [0.5, 0.6) is 0 Å². The molecule has 0 radical (unpaired) electrons. The molecule has 2 N–H and O–H groups in total. The molecule has 2 aromatic carbocycles. The Balaban J connectivity index is 1.36. The molecule has 8 nitrogen and oxygen atoms in total. The van der Waals surface area contributed by atoms with Crippen molar-refractivity contribution in [3.8, 4) is 0 Å². The van der Waals surface area contributed by atoms with E-state index >= 15 is 0 Å². The Hall–Kier alpha value is -3.40. The molecule has 4 aromatic rings. The number of aliphatic hydroxyl groups is 1. The fourth-order valence-corrected chi connectivity index (χ4v) is 4.10. The van der Waals surface area contributed by atoms with Gasteiger partial charge in [0.1, 0.15) is 18.4 Å². The zero-order chi connectivity index (χ0) is 22.6. The highest BCUT2D eigenvalue weighted by Gasteiger charge is 2.30. The van der Waals surface area contributed by atoms with Crippen LogP contribution in [0.25, 0.3) is 11.2 Å². The standard InChI is InChI=1S/C24H25FN6O2/c25-19-8-6-17(7-9-19)10-26-23-22-24(28-15-27-23)31(16-29-22)21-13-30(12-20(14-32)33-21)11-18-4-2-1-3-5-18/h1-9,15-16,20-21,32H,10-14H2,(H,26,27,28)/t20-,21+/m0/s1. The van der Waals surface area contributed by atoms with Crippen LogP contribution >= 0.6 is 0 Å². The summed E-state index contributed by atoms with van der Waals surface area (Å²) in [5.74, 6) is 0.329. The van der Waals surface area contributed by atoms with Crippen LogP contribution in [-0.4, -0.2) is 55.3 Å². The number of hydrogen-bond donors (Lipinski definition) is 2. The minimum Gasteiger partial charge on any atom is -0.394 e. The normalized spacial score (nSPS) is 19.1. The summed E-state index contributed by atoms with van der Waals surface area (Å²) in [5, 5.41) is 13.1. The molecule has 2 atom stereocenters. The van der Waals surface area contributed by atoms with E-state index in [9.17, 15) is 9.50 Å². The van der Waals surface area contributed by atoms with Crippen molar-refractivity contribution >= 4 is 17.0 Å². The molecule has 2 aromatic heterocycles. The van der Waals surface area contributed by atoms with E-state index in [2.05, 4.69) is 37.3 Å². The summed E-state index contributed by atoms with van der Waals surface area (Å²) in [5.41, 5.74) is 3.42. The fraction of sp³-hybridized carbons (Fsp3) is 0.292. The molecular formula is C24H25FN6O2. The predicted molar refractivity (Wildman–Crippen MR) is 122 cm³/mol. The van der Waals surface area contributed by atoms with E-state index in [0.29, 0.717) is 36.6 Å². The number of nitrogens with one attached hydrogen (secondary N) is 1. The molecule has 0 unspecified atom stereocenters. The minimum atomic E-state index is -0.343. The maximum atomic E-state index is 13.2. The van der Waals surface area contributed by atoms with Crippen LogP contribution in [0.2, 0.25) is 0 Å². The number of halogens is 1. The van der Waals surface area contributed by atoms with Crippen molar-refractivity contribution < 1.29 is 14.2 Å². The summed E-state index contributed by atoms with van der Waals surface area (Å²) in [6.07, 6.45) is 2.54. The molecule has 0 amide bonds. The number of anilines is 1. The van der Waals surface area contributed by atoms with E-state index in [0.717, 1.165) is 12.1 Å². The van der Waals surface area contributed by atoms with Crippen molar-refractivity contribution in [3.05, 3.63) is 84.2 Å². The van der Waals surface area contributed by atoms with Gasteiger partial charge < -0.3 is 15.2 Å². The lowest BCUT2D eigenvalue weighted by Gasteiger charge is -2.37. The number of aromatic nitrogens is 4. The van der Waals surface area contributed by atoms with E-state index in [1.807, 2.05) is 22.8 Å². The number of ether oxygens (including phenoxy) is 1. The number of imidazole rings is 1. The Bertz CT molecular complexity index is 1200. The average Bonchev–Trinajstić information content (AvgIpc) is 3.29. The average molecular weight is 449 g/mol. The molecule has 1 aliphatic heterocycles. The first-order valence-corrected chi connectivity index (χ1v) is 10.9. The van der Waals surface area contributed by atoms with Crippen LogP contribution in [0.3, 0.4) is 0 Å². The number of rotatable bonds is 7. The van der Waals surface area contributed by atoms with Gasteiger partial charge in [-0.2, -0.15) is 0 Å². The van der Waals surface area contributed by atoms with E-state index < -0.39 is 0 Å². The summed E-state index contributed by atoms with van der Waals surface area (Å²) >= 11 is 0. The molecule has 0 saturated carbocycles. The van der Waals surface area contributed by atoms with Crippen LogP contribution in [0.15, 0.2) is 67.3 Å². The molecule has 9 heteroatoms. The molecule has 1 saturated heterocycles. The van der Waals surface area contributed by atoms with Gasteiger partial charge in [0.05, 0.1) is 19.0 Å². The topological polar surface area (TPSA) is 88.3 Å². The van der Waals surface area contributed by atoms with Crippen LogP contribution in [0.4, 0.5) is 10.2 Å². The second-order valence-corrected chi connectivity index (χ2v) is 8.10. The number of aliphatic hydroxyl groups excluding tert-OH is 1. The molecule has 3 heterocycles. The Morgan fingerprint density at radius 2 is 1.82 bits per heavy atom. The lowest BCUT2D eigenvalue weighted by molar-refractivity contribution is -0.135. The SMILES string of the molecule is OC[C@@H]1CN(Cc2ccccc2)C[C@H](n2cnc3c(NCc4ccc(F)cc4)ncnc32)O1. The van der Waals surface area contributed by atoms with E-state index in [1.54, 1.807) is 18.5 Å². The van der Waals surface area contributed by atoms with Crippen LogP contribution in [-0.2, 0) is 17.8 Å². The van der Waals surface area contributed by atoms with Gasteiger partial charge in [-0.3, -0.25) is 9.47 Å². The highest BCUT2D eigenvalue weighted by atomic mass is 19.1. The molecule has 0 bridgehead atoms. The van der Waals surface area contributed by atoms with Crippen molar-refractivity contribution in [3.63, 3.8) is 0 Å². The highest BCUT2D eigenvalue weighted by Crippen LogP contribution is 2.26. The van der Waals surface area contributed by atoms with E-state index in [4.69, 9.17) is 4.74 Å². The van der Waals surface area contributed by atoms with Crippen molar-refractivity contribution in [2.45, 2.75) is 25.4 Å². The van der Waals surface area contributed by atoms with Gasteiger partial charge in [0, 0.05) is 26.2 Å². The van der Waals surface area contributed by atoms with E-state index in [1.165, 1.54) is 24.0 Å². The lowest BCUT2D eigenvalue weighted by atomic mass is 10.2. The lowest BCUT2D eigenvalue weighted by Crippen LogP contribution is -2.46. The largest absolute Gasteiger partial charge is 0.394 e. The maximum Gasteiger partial charge on any atom is 0.167 e. The molecular weight excluding hydrogens is 423 g/mol. The number of nitrogens with zero attached hydrogens (tertiary/aromatic N) is 5. The number of benzene rings is 2. The summed E-state index contributed by atoms with van der Waals surface area (Å²) in [7, 11) is 0. The summed E-state index contributed by atoms with van der Waals surface area (Å²) in [4.78, 5) is 15.6. The first kappa shape index (κ1) is 21.4. The van der Waals surface area contributed by atoms with Gasteiger partial charge >= 0.3 is 0 Å². The first-order chi connectivity index (χ1) is 16.2. The van der Waals surface area contributed by atoms with Gasteiger partial charge in [-0.1, -0.05) is 42.5 Å². The highest BCUT2D eigenvalue weighted by molar-refractivity contribution is 5.82. The van der Waals surface area contributed by atoms with Crippen LogP contribution < -0.4 is 5.32 Å². The molecule has 0 aliphatic carbocycles. The first-order valence-electron chi connectivity index (χ1n) is 10.9. The summed E-state index contributed by atoms with van der Waals surface area (Å²) < 4.78 is 21.2. The molecule has 170 valence electrons. The van der Waals surface area contributed by atoms with Gasteiger partial charge in [0.2, 0.25) is 0 Å². The monoisotopic (exact) mass is 448 g/mol. The molecule has 5 rings (SSSR count). The third kappa shape index (κ3) is 4.85. The fourth-order valence-electron chi connectivity index (χ4n) is 4.10. The summed E-state index contributed by atoms with van der Waals surface area (Å²) in [6, 6.07) is 16.6. The summed E-state index contributed by atoms with van der Waals surface area (Å²) in [6.45, 7) is 2.47. The number of hydrogen-bond acceptors (Lipinski definition) is 7. The van der Waals surface area contributed by atoms with Crippen molar-refractivity contribution in [1.82, 2.24) is 24.4 Å². The third-order valence-corrected chi connectivity index (χ3v) is 5.72.